The van der Waals surface area contributed by atoms with Gasteiger partial charge in [0.05, 0.1) is 16.5 Å². The van der Waals surface area contributed by atoms with Gasteiger partial charge in [-0.15, -0.1) is 0 Å². The summed E-state index contributed by atoms with van der Waals surface area (Å²) >= 11 is 0. The van der Waals surface area contributed by atoms with Crippen molar-refractivity contribution in [3.05, 3.63) is 16.7 Å². The third kappa shape index (κ3) is 0.835. The van der Waals surface area contributed by atoms with Gasteiger partial charge >= 0.3 is 5.95 Å². The van der Waals surface area contributed by atoms with Crippen LogP contribution >= 0.6 is 0 Å². The molecule has 7 heteroatoms. The lowest BCUT2D eigenvalue weighted by molar-refractivity contribution is -0.396. The summed E-state index contributed by atoms with van der Waals surface area (Å²) in [6.07, 6.45) is 1.15. The van der Waals surface area contributed by atoms with Crippen LogP contribution in [0.25, 0.3) is 6.20 Å². The van der Waals surface area contributed by atoms with Crippen molar-refractivity contribution in [2.45, 2.75) is 0 Å². The van der Waals surface area contributed by atoms with E-state index in [9.17, 15) is 10.1 Å². The van der Waals surface area contributed by atoms with Gasteiger partial charge in [0, 0.05) is 5.21 Å². The third-order valence-corrected chi connectivity index (χ3v) is 0.812. The molecule has 0 saturated carbocycles. The Balaban J connectivity index is 3.13. The molecule has 0 aliphatic heterocycles. The van der Waals surface area contributed by atoms with Gasteiger partial charge in [-0.1, -0.05) is 11.3 Å². The molecule has 1 heterocycles. The quantitative estimate of drug-likeness (QED) is 0.416. The summed E-state index contributed by atoms with van der Waals surface area (Å²) < 4.78 is 0.875. The van der Waals surface area contributed by atoms with Crippen LogP contribution in [0.3, 0.4) is 0 Å². The second kappa shape index (κ2) is 2.21. The Kier molecular flexibility index (Phi) is 1.40. The number of nitrogens with zero attached hydrogens (tertiary/aromatic N) is 5. The van der Waals surface area contributed by atoms with Gasteiger partial charge in [0.2, 0.25) is 0 Å². The molecule has 52 valence electrons. The predicted molar refractivity (Wildman–Crippen MR) is 30.9 cm³/mol. The van der Waals surface area contributed by atoms with Gasteiger partial charge in [-0.2, -0.15) is 0 Å². The molecule has 0 aromatic carbocycles. The van der Waals surface area contributed by atoms with Crippen molar-refractivity contribution in [1.82, 2.24) is 20.2 Å². The first-order chi connectivity index (χ1) is 4.75. The zero-order valence-corrected chi connectivity index (χ0v) is 4.84. The number of aromatic nitrogens is 4. The zero-order chi connectivity index (χ0) is 7.56. The summed E-state index contributed by atoms with van der Waals surface area (Å²) in [5, 5.41) is 19.5. The first kappa shape index (κ1) is 6.33. The van der Waals surface area contributed by atoms with E-state index in [1.165, 1.54) is 0 Å². The van der Waals surface area contributed by atoms with Crippen molar-refractivity contribution in [3.63, 3.8) is 0 Å². The highest BCUT2D eigenvalue weighted by Gasteiger charge is 2.14. The van der Waals surface area contributed by atoms with Gasteiger partial charge in [-0.05, 0) is 4.92 Å². The van der Waals surface area contributed by atoms with Crippen molar-refractivity contribution in [3.8, 4) is 0 Å². The van der Waals surface area contributed by atoms with E-state index in [2.05, 4.69) is 22.1 Å². The van der Waals surface area contributed by atoms with Crippen LogP contribution in [0.4, 0.5) is 5.95 Å². The number of rotatable bonds is 2. The molecule has 1 rings (SSSR count). The normalized spacial score (nSPS) is 9.20. The minimum absolute atomic E-state index is 0.435. The van der Waals surface area contributed by atoms with Gasteiger partial charge in [0.25, 0.3) is 0 Å². The monoisotopic (exact) mass is 141 g/mol. The average molecular weight is 141 g/mol. The highest BCUT2D eigenvalue weighted by molar-refractivity contribution is 5.20. The Bertz CT molecular complexity index is 266. The molecule has 0 amide bonds. The SMILES string of the molecule is C=Cn1nnnc1[N+](=O)[O-]. The fourth-order valence-electron chi connectivity index (χ4n) is 0.427. The van der Waals surface area contributed by atoms with E-state index in [1.807, 2.05) is 0 Å². The fourth-order valence-corrected chi connectivity index (χ4v) is 0.427. The summed E-state index contributed by atoms with van der Waals surface area (Å²) in [5.41, 5.74) is 0. The second-order valence-electron chi connectivity index (χ2n) is 1.36. The third-order valence-electron chi connectivity index (χ3n) is 0.812. The number of nitro groups is 1. The molecule has 0 aliphatic rings. The molecule has 0 saturated heterocycles. The highest BCUT2D eigenvalue weighted by atomic mass is 16.6. The molecule has 0 bridgehead atoms. The Morgan fingerprint density at radius 3 is 2.90 bits per heavy atom. The molecular formula is C3H3N5O2. The molecule has 0 fully saturated rings. The van der Waals surface area contributed by atoms with Crippen LogP contribution in [0.15, 0.2) is 6.58 Å². The van der Waals surface area contributed by atoms with Gasteiger partial charge in [-0.25, -0.2) is 0 Å². The first-order valence-corrected chi connectivity index (χ1v) is 2.30. The number of hydrogen-bond donors (Lipinski definition) is 0. The molecule has 0 radical (unpaired) electrons. The number of hydrogen-bond acceptors (Lipinski definition) is 5. The van der Waals surface area contributed by atoms with Crippen LogP contribution in [0.5, 0.6) is 0 Å². The van der Waals surface area contributed by atoms with E-state index < -0.39 is 10.9 Å². The van der Waals surface area contributed by atoms with Crippen LogP contribution in [-0.2, 0) is 0 Å². The molecule has 1 aromatic rings. The summed E-state index contributed by atoms with van der Waals surface area (Å²) in [6.45, 7) is 3.26. The van der Waals surface area contributed by atoms with Crippen LogP contribution < -0.4 is 0 Å². The Hall–Kier alpha value is -1.79. The summed E-state index contributed by atoms with van der Waals surface area (Å²) in [6, 6.07) is 0. The Labute approximate surface area is 55.1 Å². The molecule has 7 nitrogen and oxygen atoms in total. The summed E-state index contributed by atoms with van der Waals surface area (Å²) in [5.74, 6) is -0.435. The maximum absolute atomic E-state index is 10.0. The molecular weight excluding hydrogens is 138 g/mol. The minimum atomic E-state index is -0.693. The van der Waals surface area contributed by atoms with Gasteiger partial charge in [0.15, 0.2) is 0 Å². The predicted octanol–water partition coefficient (Wildman–Crippen LogP) is -0.318. The molecule has 0 spiro atoms. The van der Waals surface area contributed by atoms with Crippen molar-refractivity contribution in [1.29, 1.82) is 0 Å². The molecule has 0 N–H and O–H groups in total. The van der Waals surface area contributed by atoms with E-state index in [1.54, 1.807) is 0 Å². The van der Waals surface area contributed by atoms with Crippen LogP contribution in [0.1, 0.15) is 0 Å². The van der Waals surface area contributed by atoms with Crippen molar-refractivity contribution >= 4 is 12.1 Å². The van der Waals surface area contributed by atoms with E-state index in [4.69, 9.17) is 0 Å². The zero-order valence-electron chi connectivity index (χ0n) is 4.84. The van der Waals surface area contributed by atoms with E-state index >= 15 is 0 Å². The van der Waals surface area contributed by atoms with Crippen LogP contribution in [-0.4, -0.2) is 25.1 Å². The number of tetrazole rings is 1. The van der Waals surface area contributed by atoms with Crippen molar-refractivity contribution in [2.75, 3.05) is 0 Å². The molecule has 0 unspecified atom stereocenters. The Morgan fingerprint density at radius 2 is 2.50 bits per heavy atom. The van der Waals surface area contributed by atoms with Gasteiger partial charge in [-0.3, -0.25) is 0 Å². The maximum Gasteiger partial charge on any atom is 0.484 e. The lowest BCUT2D eigenvalue weighted by Crippen LogP contribution is -1.97. The Morgan fingerprint density at radius 1 is 1.80 bits per heavy atom. The summed E-state index contributed by atoms with van der Waals surface area (Å²) in [7, 11) is 0. The van der Waals surface area contributed by atoms with E-state index in [-0.39, 0.29) is 0 Å². The van der Waals surface area contributed by atoms with E-state index in [0.717, 1.165) is 10.9 Å². The minimum Gasteiger partial charge on any atom is -0.390 e. The van der Waals surface area contributed by atoms with Gasteiger partial charge < -0.3 is 10.1 Å². The van der Waals surface area contributed by atoms with Crippen LogP contribution in [0.2, 0.25) is 0 Å². The van der Waals surface area contributed by atoms with E-state index in [0.29, 0.717) is 0 Å². The second-order valence-corrected chi connectivity index (χ2v) is 1.36. The topological polar surface area (TPSA) is 86.7 Å². The average Bonchev–Trinajstić information content (AvgIpc) is 2.33. The standard InChI is InChI=1S/C3H3N5O2/c1-2-7-3(8(9)10)4-5-6-7/h2H,1H2. The first-order valence-electron chi connectivity index (χ1n) is 2.30. The molecule has 0 atom stereocenters. The lowest BCUT2D eigenvalue weighted by atomic mass is 10.9. The largest absolute Gasteiger partial charge is 0.484 e. The smallest absolute Gasteiger partial charge is 0.390 e. The molecule has 0 aliphatic carbocycles. The van der Waals surface area contributed by atoms with Gasteiger partial charge in [0.1, 0.15) is 0 Å². The van der Waals surface area contributed by atoms with Crippen molar-refractivity contribution in [2.24, 2.45) is 0 Å². The molecule has 1 aromatic heterocycles. The highest BCUT2D eigenvalue weighted by Crippen LogP contribution is 2.00. The lowest BCUT2D eigenvalue weighted by Gasteiger charge is -1.87. The molecule has 10 heavy (non-hydrogen) atoms. The maximum atomic E-state index is 10.0. The van der Waals surface area contributed by atoms with Crippen LogP contribution in [0, 0.1) is 10.1 Å². The fraction of sp³-hybridized carbons (Fsp3) is 0. The summed E-state index contributed by atoms with van der Waals surface area (Å²) in [4.78, 5) is 9.34. The van der Waals surface area contributed by atoms with Crippen molar-refractivity contribution < 1.29 is 4.92 Å².